The zero-order valence-electron chi connectivity index (χ0n) is 13.7. The molecule has 0 aliphatic carbocycles. The number of esters is 1. The number of hydrogen-bond acceptors (Lipinski definition) is 6. The molecule has 0 saturated carbocycles. The number of nitro benzene ring substituents is 1. The molecule has 2 aromatic carbocycles. The number of nitro groups is 1. The molecule has 132 valence electrons. The lowest BCUT2D eigenvalue weighted by Gasteiger charge is -2.06. The lowest BCUT2D eigenvalue weighted by Crippen LogP contribution is -2.11. The Kier molecular flexibility index (Phi) is 5.28. The van der Waals surface area contributed by atoms with Crippen LogP contribution in [0.2, 0.25) is 0 Å². The van der Waals surface area contributed by atoms with E-state index in [1.807, 2.05) is 30.3 Å². The predicted octanol–water partition coefficient (Wildman–Crippen LogP) is 4.09. The van der Waals surface area contributed by atoms with Crippen molar-refractivity contribution in [1.82, 2.24) is 0 Å². The number of ether oxygens (including phenoxy) is 2. The summed E-state index contributed by atoms with van der Waals surface area (Å²) in [6, 6.07) is 18.2. The van der Waals surface area contributed by atoms with Gasteiger partial charge in [0.25, 0.3) is 5.69 Å². The van der Waals surface area contributed by atoms with Crippen molar-refractivity contribution < 1.29 is 23.6 Å². The van der Waals surface area contributed by atoms with Crippen LogP contribution in [0.25, 0.3) is 11.3 Å². The van der Waals surface area contributed by atoms with Gasteiger partial charge in [0.2, 0.25) is 5.76 Å². The van der Waals surface area contributed by atoms with Crippen LogP contribution in [0.4, 0.5) is 5.69 Å². The van der Waals surface area contributed by atoms with E-state index in [0.29, 0.717) is 17.1 Å². The van der Waals surface area contributed by atoms with Crippen molar-refractivity contribution in [2.75, 3.05) is 13.2 Å². The van der Waals surface area contributed by atoms with Crippen LogP contribution in [-0.2, 0) is 4.74 Å². The molecule has 0 aliphatic rings. The number of hydrogen-bond donors (Lipinski definition) is 0. The maximum atomic E-state index is 12.0. The van der Waals surface area contributed by atoms with Gasteiger partial charge in [0.15, 0.2) is 0 Å². The summed E-state index contributed by atoms with van der Waals surface area (Å²) < 4.78 is 16.0. The van der Waals surface area contributed by atoms with Crippen LogP contribution in [0.15, 0.2) is 71.1 Å². The molecule has 0 bridgehead atoms. The minimum Gasteiger partial charge on any atom is -0.490 e. The third-order valence-electron chi connectivity index (χ3n) is 3.50. The first-order valence-corrected chi connectivity index (χ1v) is 7.83. The van der Waals surface area contributed by atoms with Crippen LogP contribution in [0.3, 0.4) is 0 Å². The van der Waals surface area contributed by atoms with Crippen LogP contribution in [0, 0.1) is 10.1 Å². The van der Waals surface area contributed by atoms with E-state index in [0.717, 1.165) is 0 Å². The highest BCUT2D eigenvalue weighted by Gasteiger charge is 2.14. The zero-order chi connectivity index (χ0) is 18.4. The Balaban J connectivity index is 1.53. The maximum Gasteiger partial charge on any atom is 0.374 e. The highest BCUT2D eigenvalue weighted by Crippen LogP contribution is 2.24. The fraction of sp³-hybridized carbons (Fsp3) is 0.105. The number of non-ortho nitro benzene ring substituents is 1. The van der Waals surface area contributed by atoms with E-state index in [4.69, 9.17) is 13.9 Å². The van der Waals surface area contributed by atoms with E-state index in [-0.39, 0.29) is 24.7 Å². The highest BCUT2D eigenvalue weighted by molar-refractivity contribution is 5.87. The van der Waals surface area contributed by atoms with Crippen molar-refractivity contribution in [3.63, 3.8) is 0 Å². The second kappa shape index (κ2) is 7.98. The molecule has 7 nitrogen and oxygen atoms in total. The van der Waals surface area contributed by atoms with Crippen molar-refractivity contribution in [2.24, 2.45) is 0 Å². The molecule has 0 unspecified atom stereocenters. The van der Waals surface area contributed by atoms with Gasteiger partial charge in [-0.05, 0) is 36.4 Å². The molecule has 0 N–H and O–H groups in total. The molecule has 0 radical (unpaired) electrons. The van der Waals surface area contributed by atoms with E-state index in [1.165, 1.54) is 18.2 Å². The van der Waals surface area contributed by atoms with Gasteiger partial charge in [-0.3, -0.25) is 10.1 Å². The number of carbonyl (C=O) groups is 1. The third kappa shape index (κ3) is 4.27. The van der Waals surface area contributed by atoms with Gasteiger partial charge in [-0.2, -0.15) is 0 Å². The lowest BCUT2D eigenvalue weighted by molar-refractivity contribution is -0.384. The first kappa shape index (κ1) is 17.2. The molecule has 7 heteroatoms. The first-order valence-electron chi connectivity index (χ1n) is 7.83. The van der Waals surface area contributed by atoms with Crippen molar-refractivity contribution in [3.05, 3.63) is 82.6 Å². The summed E-state index contributed by atoms with van der Waals surface area (Å²) in [5, 5.41) is 10.7. The Morgan fingerprint density at radius 1 is 0.962 bits per heavy atom. The van der Waals surface area contributed by atoms with Gasteiger partial charge in [-0.25, -0.2) is 4.79 Å². The van der Waals surface area contributed by atoms with Gasteiger partial charge in [0.1, 0.15) is 24.7 Å². The molecule has 26 heavy (non-hydrogen) atoms. The summed E-state index contributed by atoms with van der Waals surface area (Å²) in [6.45, 7) is 0.312. The number of carbonyl (C=O) groups excluding carboxylic acids is 1. The summed E-state index contributed by atoms with van der Waals surface area (Å²) in [5.74, 6) is 0.572. The fourth-order valence-corrected chi connectivity index (χ4v) is 2.23. The molecule has 1 aromatic heterocycles. The Hall–Kier alpha value is -3.61. The van der Waals surface area contributed by atoms with E-state index >= 15 is 0 Å². The average molecular weight is 353 g/mol. The Morgan fingerprint density at radius 2 is 1.69 bits per heavy atom. The van der Waals surface area contributed by atoms with Gasteiger partial charge in [0, 0.05) is 17.7 Å². The SMILES string of the molecule is O=C(OCCOc1ccccc1)c1ccc(-c2ccc([N+](=O)[O-])cc2)o1. The summed E-state index contributed by atoms with van der Waals surface area (Å²) >= 11 is 0. The topological polar surface area (TPSA) is 91.8 Å². The van der Waals surface area contributed by atoms with Crippen molar-refractivity contribution >= 4 is 11.7 Å². The fourth-order valence-electron chi connectivity index (χ4n) is 2.23. The Bertz CT molecular complexity index is 886. The van der Waals surface area contributed by atoms with Crippen LogP contribution >= 0.6 is 0 Å². The Labute approximate surface area is 148 Å². The molecule has 3 aromatic rings. The van der Waals surface area contributed by atoms with Gasteiger partial charge < -0.3 is 13.9 Å². The van der Waals surface area contributed by atoms with E-state index in [2.05, 4.69) is 0 Å². The molecule has 0 amide bonds. The minimum atomic E-state index is -0.602. The molecule has 0 saturated heterocycles. The largest absolute Gasteiger partial charge is 0.490 e. The van der Waals surface area contributed by atoms with Gasteiger partial charge in [0.05, 0.1) is 4.92 Å². The molecule has 0 atom stereocenters. The molecular formula is C19H15NO6. The smallest absolute Gasteiger partial charge is 0.374 e. The highest BCUT2D eigenvalue weighted by atomic mass is 16.6. The number of rotatable bonds is 7. The molecule has 0 aliphatic heterocycles. The van der Waals surface area contributed by atoms with Crippen molar-refractivity contribution in [1.29, 1.82) is 0 Å². The van der Waals surface area contributed by atoms with Gasteiger partial charge >= 0.3 is 5.97 Å². The monoisotopic (exact) mass is 353 g/mol. The van der Waals surface area contributed by atoms with Crippen LogP contribution < -0.4 is 4.74 Å². The second-order valence-corrected chi connectivity index (χ2v) is 5.27. The second-order valence-electron chi connectivity index (χ2n) is 5.27. The third-order valence-corrected chi connectivity index (χ3v) is 3.50. The normalized spacial score (nSPS) is 10.3. The van der Waals surface area contributed by atoms with Crippen molar-refractivity contribution in [3.8, 4) is 17.1 Å². The summed E-state index contributed by atoms with van der Waals surface area (Å²) in [5.41, 5.74) is 0.611. The minimum absolute atomic E-state index is 0.0154. The molecule has 3 rings (SSSR count). The molecule has 0 spiro atoms. The average Bonchev–Trinajstić information content (AvgIpc) is 3.16. The maximum absolute atomic E-state index is 12.0. The number of benzene rings is 2. The number of para-hydroxylation sites is 1. The quantitative estimate of drug-likeness (QED) is 0.275. The zero-order valence-corrected chi connectivity index (χ0v) is 13.7. The summed E-state index contributed by atoms with van der Waals surface area (Å²) in [6.07, 6.45) is 0. The van der Waals surface area contributed by atoms with Crippen LogP contribution in [0.5, 0.6) is 5.75 Å². The molecule has 0 fully saturated rings. The Morgan fingerprint density at radius 3 is 2.38 bits per heavy atom. The molecular weight excluding hydrogens is 338 g/mol. The number of furan rings is 1. The number of nitrogens with zero attached hydrogens (tertiary/aromatic N) is 1. The van der Waals surface area contributed by atoms with Crippen molar-refractivity contribution in [2.45, 2.75) is 0 Å². The van der Waals surface area contributed by atoms with E-state index < -0.39 is 10.9 Å². The van der Waals surface area contributed by atoms with E-state index in [9.17, 15) is 14.9 Å². The summed E-state index contributed by atoms with van der Waals surface area (Å²) in [4.78, 5) is 22.2. The van der Waals surface area contributed by atoms with Crippen LogP contribution in [-0.4, -0.2) is 24.1 Å². The summed E-state index contributed by atoms with van der Waals surface area (Å²) in [7, 11) is 0. The molecule has 1 heterocycles. The van der Waals surface area contributed by atoms with Crippen LogP contribution in [0.1, 0.15) is 10.6 Å². The predicted molar refractivity (Wildman–Crippen MR) is 93.0 cm³/mol. The first-order chi connectivity index (χ1) is 12.6. The van der Waals surface area contributed by atoms with Gasteiger partial charge in [-0.1, -0.05) is 18.2 Å². The van der Waals surface area contributed by atoms with Gasteiger partial charge in [-0.15, -0.1) is 0 Å². The standard InChI is InChI=1S/C19H15NO6/c21-19(25-13-12-24-16-4-2-1-3-5-16)18-11-10-17(26-18)14-6-8-15(9-7-14)20(22)23/h1-11H,12-13H2. The lowest BCUT2D eigenvalue weighted by atomic mass is 10.1. The van der Waals surface area contributed by atoms with E-state index in [1.54, 1.807) is 18.2 Å².